The molecule has 3 aliphatic rings. The summed E-state index contributed by atoms with van der Waals surface area (Å²) in [6, 6.07) is 24.3. The van der Waals surface area contributed by atoms with Gasteiger partial charge in [-0.25, -0.2) is 19.6 Å². The molecule has 1 saturated carbocycles. The standard InChI is InChI=1S/C49H55ClN6O6/c1-31(30-62-42-16-22-51-40-12-6-8-32(2)44(40)42)26-34-27-33-14-15-37(29-39(33)48(34)18-20-49(21-19-48,46(57)58)56-36-10-7-9-35(50)28-36)61-25-24-53-47(59)55-43-17-23-52-45(54-43)38-11-4-5-13-41(38)60-3/h4-5,7,9-11,13-17,22-23,28-29,31-32,34,56H,6,8,12,18-21,24-27,30H2,1-3H3,(H,57,58)(H2,52,53,54,55,59)/t31-,32-,34?,48?,49?/m1/s1. The summed E-state index contributed by atoms with van der Waals surface area (Å²) in [5.41, 5.74) is 4.96. The van der Waals surface area contributed by atoms with Crippen molar-refractivity contribution in [3.8, 4) is 28.6 Å². The molecule has 0 saturated heterocycles. The summed E-state index contributed by atoms with van der Waals surface area (Å²) in [7, 11) is 1.59. The molecule has 324 valence electrons. The van der Waals surface area contributed by atoms with Gasteiger partial charge in [0.1, 0.15) is 35.2 Å². The molecule has 12 nitrogen and oxygen atoms in total. The maximum Gasteiger partial charge on any atom is 0.329 e. The Labute approximate surface area is 368 Å². The molecule has 3 aromatic carbocycles. The van der Waals surface area contributed by atoms with Crippen LogP contribution in [-0.2, 0) is 23.1 Å². The second-order valence-corrected chi connectivity index (χ2v) is 17.6. The Bertz CT molecular complexity index is 2400. The lowest BCUT2D eigenvalue weighted by Gasteiger charge is -2.47. The number of carboxylic acid groups (broad SMARTS) is 1. The largest absolute Gasteiger partial charge is 0.496 e. The van der Waals surface area contributed by atoms with E-state index < -0.39 is 17.5 Å². The number of halogens is 1. The van der Waals surface area contributed by atoms with E-state index in [1.807, 2.05) is 54.7 Å². The minimum Gasteiger partial charge on any atom is -0.496 e. The van der Waals surface area contributed by atoms with E-state index in [9.17, 15) is 14.7 Å². The van der Waals surface area contributed by atoms with Gasteiger partial charge in [0, 0.05) is 34.4 Å². The molecule has 3 aliphatic carbocycles. The molecule has 0 bridgehead atoms. The van der Waals surface area contributed by atoms with E-state index in [1.165, 1.54) is 16.7 Å². The van der Waals surface area contributed by atoms with Crippen LogP contribution in [0.15, 0.2) is 91.3 Å². The van der Waals surface area contributed by atoms with Crippen molar-refractivity contribution in [2.24, 2.45) is 11.8 Å². The second-order valence-electron chi connectivity index (χ2n) is 17.2. The van der Waals surface area contributed by atoms with Gasteiger partial charge in [-0.05, 0) is 147 Å². The first-order valence-corrected chi connectivity index (χ1v) is 22.1. The molecule has 5 aromatic rings. The number of aliphatic carboxylic acids is 1. The summed E-state index contributed by atoms with van der Waals surface area (Å²) in [6.45, 7) is 5.63. The number of carbonyl (C=O) groups is 2. The number of carbonyl (C=O) groups excluding carboxylic acids is 1. The number of nitrogens with zero attached hydrogens (tertiary/aromatic N) is 3. The van der Waals surface area contributed by atoms with Crippen molar-refractivity contribution in [2.75, 3.05) is 37.5 Å². The molecule has 13 heteroatoms. The number of aryl methyl sites for hydroxylation is 1. The van der Waals surface area contributed by atoms with Crippen LogP contribution in [0.2, 0.25) is 5.02 Å². The number of carboxylic acids is 1. The fourth-order valence-electron chi connectivity index (χ4n) is 10.0. The first kappa shape index (κ1) is 42.8. The highest BCUT2D eigenvalue weighted by atomic mass is 35.5. The number of anilines is 2. The number of hydrogen-bond acceptors (Lipinski definition) is 9. The summed E-state index contributed by atoms with van der Waals surface area (Å²) < 4.78 is 18.3. The Hall–Kier alpha value is -5.88. The Balaban J connectivity index is 0.948. The van der Waals surface area contributed by atoms with Crippen molar-refractivity contribution in [1.29, 1.82) is 0 Å². The third kappa shape index (κ3) is 9.16. The highest BCUT2D eigenvalue weighted by Crippen LogP contribution is 2.57. The molecule has 1 unspecified atom stereocenters. The topological polar surface area (TPSA) is 157 Å². The minimum atomic E-state index is -1.13. The minimum absolute atomic E-state index is 0.246. The first-order chi connectivity index (χ1) is 30.1. The van der Waals surface area contributed by atoms with Crippen LogP contribution >= 0.6 is 11.6 Å². The molecular formula is C49H55ClN6O6. The number of benzene rings is 3. The molecule has 1 fully saturated rings. The lowest BCUT2D eigenvalue weighted by Crippen LogP contribution is -2.53. The van der Waals surface area contributed by atoms with Crippen molar-refractivity contribution in [1.82, 2.24) is 20.3 Å². The number of amides is 2. The SMILES string of the molecule is COc1ccccc1-c1nccc(NC(=O)NCCOc2ccc3c(c2)C2(CCC(Nc4cccc(Cl)c4)(C(=O)O)CC2)C(C[C@@H](C)COc2ccnc4c2[C@H](C)CCC4)C3)n1. The summed E-state index contributed by atoms with van der Waals surface area (Å²) in [5.74, 6) is 3.20. The van der Waals surface area contributed by atoms with Crippen molar-refractivity contribution < 1.29 is 28.9 Å². The van der Waals surface area contributed by atoms with E-state index in [-0.39, 0.29) is 30.4 Å². The highest BCUT2D eigenvalue weighted by molar-refractivity contribution is 6.30. The van der Waals surface area contributed by atoms with Gasteiger partial charge in [-0.15, -0.1) is 0 Å². The van der Waals surface area contributed by atoms with Crippen LogP contribution in [0.5, 0.6) is 17.2 Å². The summed E-state index contributed by atoms with van der Waals surface area (Å²) >= 11 is 6.31. The van der Waals surface area contributed by atoms with Crippen molar-refractivity contribution in [3.63, 3.8) is 0 Å². The van der Waals surface area contributed by atoms with Crippen LogP contribution in [0, 0.1) is 11.8 Å². The number of aromatic nitrogens is 3. The average Bonchev–Trinajstić information content (AvgIpc) is 3.56. The van der Waals surface area contributed by atoms with Crippen LogP contribution in [0.25, 0.3) is 11.4 Å². The molecule has 2 amide bonds. The van der Waals surface area contributed by atoms with E-state index in [4.69, 9.17) is 25.8 Å². The molecule has 1 spiro atoms. The number of rotatable bonds is 15. The number of urea groups is 1. The fraction of sp³-hybridized carbons (Fsp3) is 0.408. The van der Waals surface area contributed by atoms with Crippen molar-refractivity contribution >= 4 is 35.1 Å². The van der Waals surface area contributed by atoms with Crippen molar-refractivity contribution in [3.05, 3.63) is 119 Å². The quantitative estimate of drug-likeness (QED) is 0.0748. The van der Waals surface area contributed by atoms with Gasteiger partial charge in [-0.3, -0.25) is 10.3 Å². The molecule has 0 aliphatic heterocycles. The molecule has 0 radical (unpaired) electrons. The Morgan fingerprint density at radius 1 is 0.952 bits per heavy atom. The lowest BCUT2D eigenvalue weighted by molar-refractivity contribution is -0.144. The average molecular weight is 859 g/mol. The van der Waals surface area contributed by atoms with E-state index in [0.29, 0.717) is 72.1 Å². The van der Waals surface area contributed by atoms with E-state index in [1.54, 1.807) is 31.5 Å². The predicted molar refractivity (Wildman–Crippen MR) is 241 cm³/mol. The van der Waals surface area contributed by atoms with Crippen LogP contribution < -0.4 is 30.2 Å². The number of nitrogens with one attached hydrogen (secondary N) is 3. The van der Waals surface area contributed by atoms with Crippen LogP contribution in [0.3, 0.4) is 0 Å². The third-order valence-electron chi connectivity index (χ3n) is 13.2. The first-order valence-electron chi connectivity index (χ1n) is 21.7. The molecule has 2 aromatic heterocycles. The van der Waals surface area contributed by atoms with Gasteiger partial charge in [0.15, 0.2) is 5.82 Å². The number of para-hydroxylation sites is 1. The van der Waals surface area contributed by atoms with Crippen LogP contribution in [-0.4, -0.2) is 64.5 Å². The van der Waals surface area contributed by atoms with E-state index in [0.717, 1.165) is 49.1 Å². The van der Waals surface area contributed by atoms with Gasteiger partial charge >= 0.3 is 12.0 Å². The maximum absolute atomic E-state index is 13.1. The van der Waals surface area contributed by atoms with E-state index >= 15 is 0 Å². The lowest BCUT2D eigenvalue weighted by atomic mass is 9.59. The predicted octanol–water partition coefficient (Wildman–Crippen LogP) is 9.87. The normalized spacial score (nSPS) is 21.9. The number of ether oxygens (including phenoxy) is 3. The number of pyridine rings is 1. The zero-order chi connectivity index (χ0) is 43.3. The van der Waals surface area contributed by atoms with Gasteiger partial charge in [0.05, 0.1) is 25.8 Å². The molecular weight excluding hydrogens is 804 g/mol. The van der Waals surface area contributed by atoms with Gasteiger partial charge < -0.3 is 30.0 Å². The third-order valence-corrected chi connectivity index (χ3v) is 13.4. The summed E-state index contributed by atoms with van der Waals surface area (Å²) in [4.78, 5) is 39.5. The number of methoxy groups -OCH3 is 1. The zero-order valence-electron chi connectivity index (χ0n) is 35.6. The van der Waals surface area contributed by atoms with Gasteiger partial charge in [-0.1, -0.05) is 49.7 Å². The molecule has 62 heavy (non-hydrogen) atoms. The van der Waals surface area contributed by atoms with Gasteiger partial charge in [0.2, 0.25) is 0 Å². The van der Waals surface area contributed by atoms with Gasteiger partial charge in [-0.2, -0.15) is 0 Å². The molecule has 8 rings (SSSR count). The molecule has 4 N–H and O–H groups in total. The maximum atomic E-state index is 13.1. The Morgan fingerprint density at radius 2 is 1.77 bits per heavy atom. The summed E-state index contributed by atoms with van der Waals surface area (Å²) in [5, 5.41) is 20.3. The second kappa shape index (κ2) is 18.6. The van der Waals surface area contributed by atoms with Gasteiger partial charge in [0.25, 0.3) is 0 Å². The monoisotopic (exact) mass is 858 g/mol. The van der Waals surface area contributed by atoms with Crippen LogP contribution in [0.4, 0.5) is 16.3 Å². The smallest absolute Gasteiger partial charge is 0.329 e. The van der Waals surface area contributed by atoms with Crippen molar-refractivity contribution in [2.45, 2.75) is 88.5 Å². The highest BCUT2D eigenvalue weighted by Gasteiger charge is 2.54. The number of hydrogen-bond donors (Lipinski definition) is 4. The Kier molecular flexibility index (Phi) is 12.9. The fourth-order valence-corrected chi connectivity index (χ4v) is 10.2. The summed E-state index contributed by atoms with van der Waals surface area (Å²) in [6.07, 6.45) is 10.9. The Morgan fingerprint density at radius 3 is 2.58 bits per heavy atom. The van der Waals surface area contributed by atoms with E-state index in [2.05, 4.69) is 56.9 Å². The zero-order valence-corrected chi connectivity index (χ0v) is 36.3. The molecule has 2 heterocycles. The number of fused-ring (bicyclic) bond motifs is 3. The van der Waals surface area contributed by atoms with Crippen LogP contribution in [0.1, 0.15) is 87.1 Å². The molecule has 3 atom stereocenters.